The van der Waals surface area contributed by atoms with Crippen LogP contribution >= 0.6 is 11.6 Å². The molecule has 0 nitrogen and oxygen atoms in total. The first-order valence-corrected chi connectivity index (χ1v) is 5.46. The van der Waals surface area contributed by atoms with Crippen LogP contribution < -0.4 is 0 Å². The van der Waals surface area contributed by atoms with Gasteiger partial charge in [0.25, 0.3) is 0 Å². The lowest BCUT2D eigenvalue weighted by molar-refractivity contribution is 0.569. The largest absolute Gasteiger partial charge is 0.207 e. The van der Waals surface area contributed by atoms with Gasteiger partial charge in [-0.05, 0) is 23.8 Å². The molecule has 0 saturated carbocycles. The molecule has 0 fully saturated rings. The molecule has 0 aliphatic carbocycles. The maximum atomic E-state index is 13.5. The summed E-state index contributed by atoms with van der Waals surface area (Å²) in [6.07, 6.45) is 0. The Morgan fingerprint density at radius 3 is 1.94 bits per heavy atom. The van der Waals surface area contributed by atoms with Crippen molar-refractivity contribution in [2.45, 2.75) is 5.38 Å². The number of alkyl halides is 1. The van der Waals surface area contributed by atoms with Crippen molar-refractivity contribution in [1.82, 2.24) is 0 Å². The minimum atomic E-state index is -1.09. The van der Waals surface area contributed by atoms with E-state index in [2.05, 4.69) is 0 Å². The molecule has 0 aliphatic heterocycles. The van der Waals surface area contributed by atoms with Crippen molar-refractivity contribution in [3.8, 4) is 0 Å². The molecule has 5 heteroatoms. The van der Waals surface area contributed by atoms with Crippen molar-refractivity contribution in [3.63, 3.8) is 0 Å². The first-order chi connectivity index (χ1) is 8.47. The average Bonchev–Trinajstić information content (AvgIpc) is 2.26. The molecule has 0 N–H and O–H groups in total. The first-order valence-electron chi connectivity index (χ1n) is 5.02. The van der Waals surface area contributed by atoms with Gasteiger partial charge in [0.1, 0.15) is 23.3 Å². The summed E-state index contributed by atoms with van der Waals surface area (Å²) in [6.45, 7) is 0. The molecule has 0 radical (unpaired) electrons. The average molecular weight is 275 g/mol. The Labute approximate surface area is 106 Å². The van der Waals surface area contributed by atoms with E-state index in [0.29, 0.717) is 12.1 Å². The summed E-state index contributed by atoms with van der Waals surface area (Å²) in [4.78, 5) is 0. The normalized spacial score (nSPS) is 12.5. The van der Waals surface area contributed by atoms with E-state index in [4.69, 9.17) is 11.6 Å². The van der Waals surface area contributed by atoms with Crippen molar-refractivity contribution in [1.29, 1.82) is 0 Å². The lowest BCUT2D eigenvalue weighted by Gasteiger charge is -2.11. The van der Waals surface area contributed by atoms with Crippen molar-refractivity contribution >= 4 is 11.6 Å². The molecule has 1 unspecified atom stereocenters. The van der Waals surface area contributed by atoms with Crippen LogP contribution in [-0.2, 0) is 0 Å². The molecular formula is C13H7ClF4. The number of hydrogen-bond donors (Lipinski definition) is 0. The van der Waals surface area contributed by atoms with Crippen LogP contribution in [0.25, 0.3) is 0 Å². The van der Waals surface area contributed by atoms with E-state index in [-0.39, 0.29) is 11.1 Å². The van der Waals surface area contributed by atoms with E-state index in [1.165, 1.54) is 0 Å². The maximum absolute atomic E-state index is 13.5. The molecule has 1 atom stereocenters. The lowest BCUT2D eigenvalue weighted by atomic mass is 10.0. The van der Waals surface area contributed by atoms with E-state index in [1.807, 2.05) is 0 Å². The van der Waals surface area contributed by atoms with E-state index in [0.717, 1.165) is 24.3 Å². The molecule has 0 saturated heterocycles. The topological polar surface area (TPSA) is 0 Å². The highest BCUT2D eigenvalue weighted by Crippen LogP contribution is 2.31. The fourth-order valence-corrected chi connectivity index (χ4v) is 1.91. The Balaban J connectivity index is 2.44. The Hall–Kier alpha value is -1.55. The minimum Gasteiger partial charge on any atom is -0.207 e. The molecule has 0 bridgehead atoms. The van der Waals surface area contributed by atoms with E-state index < -0.39 is 28.6 Å². The van der Waals surface area contributed by atoms with E-state index >= 15 is 0 Å². The molecule has 0 spiro atoms. The molecule has 0 amide bonds. The Bertz CT molecular complexity index is 563. The van der Waals surface area contributed by atoms with Gasteiger partial charge in [-0.2, -0.15) is 0 Å². The zero-order chi connectivity index (χ0) is 13.3. The molecule has 0 aliphatic rings. The summed E-state index contributed by atoms with van der Waals surface area (Å²) in [5, 5.41) is -1.09. The Morgan fingerprint density at radius 2 is 1.39 bits per heavy atom. The predicted molar refractivity (Wildman–Crippen MR) is 60.4 cm³/mol. The van der Waals surface area contributed by atoms with Gasteiger partial charge >= 0.3 is 0 Å². The second-order valence-corrected chi connectivity index (χ2v) is 4.17. The molecule has 2 rings (SSSR count). The van der Waals surface area contributed by atoms with E-state index in [9.17, 15) is 17.6 Å². The summed E-state index contributed by atoms with van der Waals surface area (Å²) in [7, 11) is 0. The zero-order valence-electron chi connectivity index (χ0n) is 8.93. The van der Waals surface area contributed by atoms with Crippen LogP contribution in [0, 0.1) is 23.3 Å². The highest BCUT2D eigenvalue weighted by molar-refractivity contribution is 6.22. The standard InChI is InChI=1S/C13H7ClF4/c14-13(7-3-9(16)5-10(17)4-7)11-2-1-8(15)6-12(11)18/h1-6,13H. The molecule has 18 heavy (non-hydrogen) atoms. The fourth-order valence-electron chi connectivity index (χ4n) is 1.61. The van der Waals surface area contributed by atoms with Gasteiger partial charge in [0.15, 0.2) is 0 Å². The Morgan fingerprint density at radius 1 is 0.778 bits per heavy atom. The van der Waals surface area contributed by atoms with Crippen LogP contribution in [0.15, 0.2) is 36.4 Å². The predicted octanol–water partition coefficient (Wildman–Crippen LogP) is 4.57. The van der Waals surface area contributed by atoms with Crippen LogP contribution in [0.1, 0.15) is 16.5 Å². The number of rotatable bonds is 2. The van der Waals surface area contributed by atoms with Gasteiger partial charge in [0.2, 0.25) is 0 Å². The van der Waals surface area contributed by atoms with Crippen LogP contribution in [0.5, 0.6) is 0 Å². The number of benzene rings is 2. The minimum absolute atomic E-state index is 0.0388. The maximum Gasteiger partial charge on any atom is 0.131 e. The molecule has 2 aromatic carbocycles. The van der Waals surface area contributed by atoms with Crippen molar-refractivity contribution in [2.75, 3.05) is 0 Å². The summed E-state index contributed by atoms with van der Waals surface area (Å²) < 4.78 is 52.2. The third kappa shape index (κ3) is 2.64. The van der Waals surface area contributed by atoms with Crippen molar-refractivity contribution < 1.29 is 17.6 Å². The fraction of sp³-hybridized carbons (Fsp3) is 0.0769. The zero-order valence-corrected chi connectivity index (χ0v) is 9.69. The second kappa shape index (κ2) is 4.98. The third-order valence-corrected chi connectivity index (χ3v) is 2.90. The van der Waals surface area contributed by atoms with Gasteiger partial charge in [-0.15, -0.1) is 11.6 Å². The highest BCUT2D eigenvalue weighted by atomic mass is 35.5. The first kappa shape index (κ1) is 12.9. The van der Waals surface area contributed by atoms with Gasteiger partial charge in [0.05, 0.1) is 5.38 Å². The second-order valence-electron chi connectivity index (χ2n) is 3.73. The van der Waals surface area contributed by atoms with Crippen molar-refractivity contribution in [2.24, 2.45) is 0 Å². The van der Waals surface area contributed by atoms with Gasteiger partial charge in [-0.3, -0.25) is 0 Å². The summed E-state index contributed by atoms with van der Waals surface area (Å²) in [5.41, 5.74) is 0.0303. The summed E-state index contributed by atoms with van der Waals surface area (Å²) in [5.74, 6) is -3.22. The van der Waals surface area contributed by atoms with Gasteiger partial charge in [0, 0.05) is 17.7 Å². The Kier molecular flexibility index (Phi) is 3.57. The quantitative estimate of drug-likeness (QED) is 0.556. The monoisotopic (exact) mass is 274 g/mol. The van der Waals surface area contributed by atoms with Gasteiger partial charge in [-0.1, -0.05) is 6.07 Å². The molecule has 0 heterocycles. The van der Waals surface area contributed by atoms with Gasteiger partial charge in [-0.25, -0.2) is 17.6 Å². The third-order valence-electron chi connectivity index (χ3n) is 2.41. The summed E-state index contributed by atoms with van der Waals surface area (Å²) >= 11 is 5.94. The highest BCUT2D eigenvalue weighted by Gasteiger charge is 2.17. The molecule has 94 valence electrons. The van der Waals surface area contributed by atoms with Crippen LogP contribution in [0.4, 0.5) is 17.6 Å². The van der Waals surface area contributed by atoms with Gasteiger partial charge < -0.3 is 0 Å². The molecule has 0 aromatic heterocycles. The SMILES string of the molecule is Fc1cc(F)cc(C(Cl)c2ccc(F)cc2F)c1. The van der Waals surface area contributed by atoms with Crippen molar-refractivity contribution in [3.05, 3.63) is 70.8 Å². The molecule has 2 aromatic rings. The summed E-state index contributed by atoms with van der Waals surface area (Å²) in [6, 6.07) is 5.54. The van der Waals surface area contributed by atoms with Crippen LogP contribution in [0.2, 0.25) is 0 Å². The smallest absolute Gasteiger partial charge is 0.131 e. The van der Waals surface area contributed by atoms with Crippen LogP contribution in [-0.4, -0.2) is 0 Å². The van der Waals surface area contributed by atoms with Crippen LogP contribution in [0.3, 0.4) is 0 Å². The number of hydrogen-bond acceptors (Lipinski definition) is 0. The van der Waals surface area contributed by atoms with E-state index in [1.54, 1.807) is 0 Å². The lowest BCUT2D eigenvalue weighted by Crippen LogP contribution is -1.99. The molecular weight excluding hydrogens is 268 g/mol. The number of halogens is 5.